The van der Waals surface area contributed by atoms with E-state index in [-0.39, 0.29) is 55.3 Å². The van der Waals surface area contributed by atoms with Crippen molar-refractivity contribution in [3.05, 3.63) is 173 Å². The molecule has 1 spiro atoms. The molecule has 4 amide bonds. The SMILES string of the molecule is COc1ccc([Si](C)(C)[C@H]2[C@H](CC(=O)N(CCO)Cc3ccccc3)O[C@@]3(C(=O)N(Cc4cccc(N5C(=O)CCc6ccccc65)c4)c4ccc(N5C(=O)CCc6ccccc65)cc43)[C@@H]2C)cc1. The van der Waals surface area contributed by atoms with Crippen molar-refractivity contribution in [1.82, 2.24) is 4.90 Å². The molecule has 0 saturated carbocycles. The second kappa shape index (κ2) is 18.6. The molecule has 0 aliphatic carbocycles. The molecule has 1 N–H and O–H groups in total. The number of aliphatic hydroxyl groups excluding tert-OH is 1. The molecule has 11 nitrogen and oxygen atoms in total. The summed E-state index contributed by atoms with van der Waals surface area (Å²) in [6.45, 7) is 7.10. The summed E-state index contributed by atoms with van der Waals surface area (Å²) < 4.78 is 13.1. The van der Waals surface area contributed by atoms with Gasteiger partial charge in [-0.05, 0) is 95.2 Å². The quantitative estimate of drug-likeness (QED) is 0.115. The molecule has 0 aromatic heterocycles. The van der Waals surface area contributed by atoms with Crippen LogP contribution in [0.3, 0.4) is 0 Å². The van der Waals surface area contributed by atoms with Crippen molar-refractivity contribution in [1.29, 1.82) is 0 Å². The average molecular weight is 939 g/mol. The van der Waals surface area contributed by atoms with E-state index >= 15 is 4.79 Å². The first-order chi connectivity index (χ1) is 33.4. The zero-order chi connectivity index (χ0) is 48.0. The normalized spacial score (nSPS) is 20.8. The molecule has 12 heteroatoms. The van der Waals surface area contributed by atoms with Crippen LogP contribution in [0.2, 0.25) is 18.6 Å². The van der Waals surface area contributed by atoms with Gasteiger partial charge in [0.1, 0.15) is 5.75 Å². The second-order valence-corrected chi connectivity index (χ2v) is 24.1. The first-order valence-corrected chi connectivity index (χ1v) is 27.1. The molecule has 0 bridgehead atoms. The third-order valence-electron chi connectivity index (χ3n) is 15.1. The number of hydrogen-bond donors (Lipinski definition) is 1. The van der Waals surface area contributed by atoms with Gasteiger partial charge in [0.2, 0.25) is 17.7 Å². The Balaban J connectivity index is 1.09. The molecule has 4 atom stereocenters. The van der Waals surface area contributed by atoms with Gasteiger partial charge >= 0.3 is 0 Å². The zero-order valence-electron chi connectivity index (χ0n) is 39.6. The van der Waals surface area contributed by atoms with Crippen molar-refractivity contribution in [3.63, 3.8) is 0 Å². The monoisotopic (exact) mass is 938 g/mol. The van der Waals surface area contributed by atoms with Crippen LogP contribution in [0.25, 0.3) is 0 Å². The van der Waals surface area contributed by atoms with E-state index in [2.05, 4.69) is 44.3 Å². The van der Waals surface area contributed by atoms with Crippen LogP contribution in [0.15, 0.2) is 146 Å². The number of hydrogen-bond acceptors (Lipinski definition) is 7. The van der Waals surface area contributed by atoms with Gasteiger partial charge in [0.15, 0.2) is 5.60 Å². The lowest BCUT2D eigenvalue weighted by molar-refractivity contribution is -0.150. The van der Waals surface area contributed by atoms with Crippen LogP contribution in [0.5, 0.6) is 5.75 Å². The van der Waals surface area contributed by atoms with Crippen LogP contribution in [0.4, 0.5) is 28.4 Å². The molecule has 4 heterocycles. The highest BCUT2D eigenvalue weighted by Crippen LogP contribution is 2.61. The topological polar surface area (TPSA) is 120 Å². The molecule has 69 heavy (non-hydrogen) atoms. The molecule has 1 saturated heterocycles. The Hall–Kier alpha value is -6.86. The number of aliphatic hydroxyl groups is 1. The molecule has 4 aliphatic rings. The van der Waals surface area contributed by atoms with Crippen molar-refractivity contribution in [2.24, 2.45) is 5.92 Å². The summed E-state index contributed by atoms with van der Waals surface area (Å²) in [5.41, 5.74) is 6.49. The summed E-state index contributed by atoms with van der Waals surface area (Å²) in [5.74, 6) is -0.148. The number of carbonyl (C=O) groups is 4. The van der Waals surface area contributed by atoms with Crippen LogP contribution >= 0.6 is 0 Å². The number of amides is 4. The van der Waals surface area contributed by atoms with Crippen molar-refractivity contribution in [2.75, 3.05) is 35.0 Å². The molecular formula is C57H58N4O7Si. The number of benzene rings is 6. The van der Waals surface area contributed by atoms with Crippen LogP contribution in [0, 0.1) is 5.92 Å². The molecule has 0 unspecified atom stereocenters. The highest BCUT2D eigenvalue weighted by atomic mass is 28.3. The summed E-state index contributed by atoms with van der Waals surface area (Å²) in [7, 11) is -1.04. The van der Waals surface area contributed by atoms with Crippen LogP contribution < -0.4 is 24.6 Å². The van der Waals surface area contributed by atoms with Gasteiger partial charge < -0.3 is 24.4 Å². The molecular weight excluding hydrogens is 881 g/mol. The van der Waals surface area contributed by atoms with Gasteiger partial charge in [-0.25, -0.2) is 0 Å². The molecule has 10 rings (SSSR count). The number of methoxy groups -OCH3 is 1. The van der Waals surface area contributed by atoms with Crippen LogP contribution in [-0.2, 0) is 55.4 Å². The van der Waals surface area contributed by atoms with Gasteiger partial charge in [-0.2, -0.15) is 0 Å². The van der Waals surface area contributed by atoms with E-state index in [1.807, 2.05) is 121 Å². The Morgan fingerprint density at radius 2 is 1.33 bits per heavy atom. The lowest BCUT2D eigenvalue weighted by Gasteiger charge is -2.37. The van der Waals surface area contributed by atoms with Gasteiger partial charge in [-0.3, -0.25) is 29.0 Å². The lowest BCUT2D eigenvalue weighted by atomic mass is 9.82. The second-order valence-electron chi connectivity index (χ2n) is 19.4. The predicted molar refractivity (Wildman–Crippen MR) is 271 cm³/mol. The number of ether oxygens (including phenoxy) is 2. The Morgan fingerprint density at radius 1 is 0.725 bits per heavy atom. The molecule has 0 radical (unpaired) electrons. The molecule has 352 valence electrons. The minimum Gasteiger partial charge on any atom is -0.497 e. The predicted octanol–water partition coefficient (Wildman–Crippen LogP) is 9.09. The van der Waals surface area contributed by atoms with Gasteiger partial charge in [-0.15, -0.1) is 0 Å². The van der Waals surface area contributed by atoms with E-state index < -0.39 is 25.7 Å². The number of carbonyl (C=O) groups excluding carboxylic acids is 4. The van der Waals surface area contributed by atoms with E-state index in [0.717, 1.165) is 50.3 Å². The third-order valence-corrected chi connectivity index (χ3v) is 19.4. The lowest BCUT2D eigenvalue weighted by Crippen LogP contribution is -2.52. The number of nitrogens with zero attached hydrogens (tertiary/aromatic N) is 4. The van der Waals surface area contributed by atoms with E-state index in [0.29, 0.717) is 49.2 Å². The van der Waals surface area contributed by atoms with Crippen molar-refractivity contribution in [3.8, 4) is 5.75 Å². The number of rotatable bonds is 13. The van der Waals surface area contributed by atoms with Crippen LogP contribution in [0.1, 0.15) is 54.0 Å². The minimum absolute atomic E-state index is 0.0101. The fourth-order valence-electron chi connectivity index (χ4n) is 11.7. The Labute approximate surface area is 404 Å². The summed E-state index contributed by atoms with van der Waals surface area (Å²) in [6.07, 6.45) is 1.36. The standard InChI is InChI=1S/C57H58N4O7Si/c1-38-55(69(3,4)46-26-24-45(67-2)25-27-46)51(35-54(65)58(31-32-62)36-39-13-6-5-7-14-39)68-57(38)47-34-44(61-49-20-11-9-17-42(49)22-30-53(61)64)23-28-50(47)59(56(57)66)37-40-15-12-18-43(33-40)60-48-19-10-8-16-41(48)21-29-52(60)63/h5-20,23-28,33-34,38,51,55,62H,21-22,29-32,35-37H2,1-4H3/t38-,51+,55-,57+/m1/s1. The smallest absolute Gasteiger partial charge is 0.264 e. The van der Waals surface area contributed by atoms with Gasteiger partial charge in [0.05, 0.1) is 57.9 Å². The van der Waals surface area contributed by atoms with E-state index in [9.17, 15) is 19.5 Å². The summed E-state index contributed by atoms with van der Waals surface area (Å²) in [6, 6.07) is 47.4. The molecule has 6 aromatic rings. The number of anilines is 5. The maximum Gasteiger partial charge on any atom is 0.264 e. The maximum absolute atomic E-state index is 16.1. The minimum atomic E-state index is -2.68. The average Bonchev–Trinajstić information content (AvgIpc) is 3.79. The summed E-state index contributed by atoms with van der Waals surface area (Å²) in [4.78, 5) is 65.5. The largest absolute Gasteiger partial charge is 0.497 e. The van der Waals surface area contributed by atoms with E-state index in [1.54, 1.807) is 26.7 Å². The molecule has 6 aromatic carbocycles. The highest BCUT2D eigenvalue weighted by Gasteiger charge is 2.66. The number of para-hydroxylation sites is 2. The fraction of sp³-hybridized carbons (Fsp3) is 0.298. The van der Waals surface area contributed by atoms with Gasteiger partial charge in [-0.1, -0.05) is 116 Å². The Kier molecular flexibility index (Phi) is 12.3. The number of aryl methyl sites for hydroxylation is 2. The van der Waals surface area contributed by atoms with Gasteiger partial charge in [0.25, 0.3) is 5.91 Å². The van der Waals surface area contributed by atoms with E-state index in [4.69, 9.17) is 9.47 Å². The maximum atomic E-state index is 16.1. The van der Waals surface area contributed by atoms with Crippen LogP contribution in [-0.4, -0.2) is 68.1 Å². The van der Waals surface area contributed by atoms with Crippen molar-refractivity contribution >= 4 is 65.3 Å². The number of fused-ring (bicyclic) bond motifs is 4. The van der Waals surface area contributed by atoms with E-state index in [1.165, 1.54) is 0 Å². The first kappa shape index (κ1) is 45.9. The van der Waals surface area contributed by atoms with Crippen molar-refractivity contribution < 1.29 is 33.8 Å². The third kappa shape index (κ3) is 8.13. The fourth-order valence-corrected chi connectivity index (χ4v) is 15.7. The Morgan fingerprint density at radius 3 is 1.97 bits per heavy atom. The highest BCUT2D eigenvalue weighted by molar-refractivity contribution is 6.91. The zero-order valence-corrected chi connectivity index (χ0v) is 40.6. The molecule has 1 fully saturated rings. The van der Waals surface area contributed by atoms with Crippen molar-refractivity contribution in [2.45, 2.75) is 82.5 Å². The van der Waals surface area contributed by atoms with Gasteiger partial charge in [0, 0.05) is 48.8 Å². The Bertz CT molecular complexity index is 2940. The molecule has 4 aliphatic heterocycles. The summed E-state index contributed by atoms with van der Waals surface area (Å²) in [5, 5.41) is 11.4. The summed E-state index contributed by atoms with van der Waals surface area (Å²) >= 11 is 0. The first-order valence-electron chi connectivity index (χ1n) is 24.0.